The number of benzene rings is 2. The second kappa shape index (κ2) is 9.89. The van der Waals surface area contributed by atoms with Crippen LogP contribution in [0.3, 0.4) is 0 Å². The van der Waals surface area contributed by atoms with E-state index in [1.807, 2.05) is 39.3 Å². The number of ether oxygens (including phenoxy) is 1. The van der Waals surface area contributed by atoms with E-state index in [4.69, 9.17) is 4.74 Å². The Morgan fingerprint density at radius 3 is 2.47 bits per heavy atom. The van der Waals surface area contributed by atoms with Gasteiger partial charge in [0.15, 0.2) is 0 Å². The number of aryl methyl sites for hydroxylation is 1. The molecular weight excluding hydrogens is 385 g/mol. The van der Waals surface area contributed by atoms with Gasteiger partial charge in [-0.2, -0.15) is 5.10 Å². The number of halogens is 1. The molecular formula is C22H26FN5O2. The molecule has 3 aromatic rings. The Morgan fingerprint density at radius 1 is 1.10 bits per heavy atom. The van der Waals surface area contributed by atoms with Gasteiger partial charge in [0.2, 0.25) is 0 Å². The van der Waals surface area contributed by atoms with Crippen LogP contribution in [0.25, 0.3) is 11.3 Å². The maximum atomic E-state index is 13.0. The van der Waals surface area contributed by atoms with Gasteiger partial charge in [0.05, 0.1) is 12.3 Å². The van der Waals surface area contributed by atoms with E-state index in [0.29, 0.717) is 18.0 Å². The van der Waals surface area contributed by atoms with E-state index in [1.54, 1.807) is 16.9 Å². The molecule has 0 bridgehead atoms. The first kappa shape index (κ1) is 21.3. The Labute approximate surface area is 175 Å². The zero-order valence-corrected chi connectivity index (χ0v) is 17.4. The first-order valence-electron chi connectivity index (χ1n) is 9.66. The summed E-state index contributed by atoms with van der Waals surface area (Å²) in [4.78, 5) is 14.4. The van der Waals surface area contributed by atoms with Gasteiger partial charge in [0, 0.05) is 36.7 Å². The SMILES string of the molecule is CN(C)CCCOc1ccc(NC(=O)Nc2ccc(F)cc2)cc1-c1ccnn1C. The van der Waals surface area contributed by atoms with Gasteiger partial charge in [-0.05, 0) is 69.0 Å². The first-order valence-corrected chi connectivity index (χ1v) is 9.66. The Bertz CT molecular complexity index is 985. The van der Waals surface area contributed by atoms with Gasteiger partial charge in [-0.3, -0.25) is 4.68 Å². The van der Waals surface area contributed by atoms with Crippen LogP contribution in [0.15, 0.2) is 54.7 Å². The highest BCUT2D eigenvalue weighted by molar-refractivity contribution is 6.00. The summed E-state index contributed by atoms with van der Waals surface area (Å²) in [5.74, 6) is 0.366. The summed E-state index contributed by atoms with van der Waals surface area (Å²) in [6, 6.07) is 12.5. The van der Waals surface area contributed by atoms with Crippen molar-refractivity contribution in [2.45, 2.75) is 6.42 Å². The van der Waals surface area contributed by atoms with E-state index >= 15 is 0 Å². The van der Waals surface area contributed by atoms with Crippen molar-refractivity contribution in [1.82, 2.24) is 14.7 Å². The third-order valence-electron chi connectivity index (χ3n) is 4.44. The molecule has 0 aliphatic heterocycles. The molecule has 1 aromatic heterocycles. The van der Waals surface area contributed by atoms with Crippen LogP contribution in [0.2, 0.25) is 0 Å². The normalized spacial score (nSPS) is 10.8. The molecule has 2 N–H and O–H groups in total. The Balaban J connectivity index is 1.74. The van der Waals surface area contributed by atoms with Gasteiger partial charge < -0.3 is 20.3 Å². The Kier molecular flexibility index (Phi) is 7.03. The highest BCUT2D eigenvalue weighted by atomic mass is 19.1. The summed E-state index contributed by atoms with van der Waals surface area (Å²) >= 11 is 0. The van der Waals surface area contributed by atoms with Crippen molar-refractivity contribution < 1.29 is 13.9 Å². The summed E-state index contributed by atoms with van der Waals surface area (Å²) in [5, 5.41) is 9.71. The second-order valence-corrected chi connectivity index (χ2v) is 7.14. The van der Waals surface area contributed by atoms with Crippen LogP contribution >= 0.6 is 0 Å². The molecule has 0 aliphatic carbocycles. The van der Waals surface area contributed by atoms with Crippen molar-refractivity contribution in [3.05, 3.63) is 60.5 Å². The highest BCUT2D eigenvalue weighted by Gasteiger charge is 2.13. The number of nitrogens with zero attached hydrogens (tertiary/aromatic N) is 3. The minimum atomic E-state index is -0.419. The summed E-state index contributed by atoms with van der Waals surface area (Å²) in [6.07, 6.45) is 2.62. The summed E-state index contributed by atoms with van der Waals surface area (Å²) in [5.41, 5.74) is 2.81. The van der Waals surface area contributed by atoms with Crippen molar-refractivity contribution >= 4 is 17.4 Å². The summed E-state index contributed by atoms with van der Waals surface area (Å²) < 4.78 is 20.8. The molecule has 0 saturated carbocycles. The minimum Gasteiger partial charge on any atom is -0.493 e. The molecule has 7 nitrogen and oxygen atoms in total. The molecule has 30 heavy (non-hydrogen) atoms. The zero-order valence-electron chi connectivity index (χ0n) is 17.4. The lowest BCUT2D eigenvalue weighted by Crippen LogP contribution is -2.19. The van der Waals surface area contributed by atoms with Gasteiger partial charge in [0.1, 0.15) is 11.6 Å². The lowest BCUT2D eigenvalue weighted by molar-refractivity contribution is 0.262. The van der Waals surface area contributed by atoms with Gasteiger partial charge >= 0.3 is 6.03 Å². The molecule has 3 rings (SSSR count). The number of carbonyl (C=O) groups is 1. The van der Waals surface area contributed by atoms with Crippen LogP contribution in [0.5, 0.6) is 5.75 Å². The summed E-state index contributed by atoms with van der Waals surface area (Å²) in [7, 11) is 5.91. The fourth-order valence-corrected chi connectivity index (χ4v) is 2.96. The predicted octanol–water partition coefficient (Wildman–Crippen LogP) is 4.20. The standard InChI is InChI=1S/C22H26FN5O2/c1-27(2)13-4-14-30-21-10-9-18(15-19(21)20-11-12-24-28(20)3)26-22(29)25-17-7-5-16(23)6-8-17/h5-12,15H,4,13-14H2,1-3H3,(H2,25,26,29). The van der Waals surface area contributed by atoms with E-state index in [2.05, 4.69) is 20.6 Å². The van der Waals surface area contributed by atoms with Gasteiger partial charge in [-0.15, -0.1) is 0 Å². The minimum absolute atomic E-state index is 0.358. The largest absolute Gasteiger partial charge is 0.493 e. The van der Waals surface area contributed by atoms with Crippen LogP contribution in [0.4, 0.5) is 20.6 Å². The average molecular weight is 411 g/mol. The van der Waals surface area contributed by atoms with Crippen LogP contribution in [-0.2, 0) is 7.05 Å². The maximum Gasteiger partial charge on any atom is 0.323 e. The van der Waals surface area contributed by atoms with Gasteiger partial charge in [-0.25, -0.2) is 9.18 Å². The van der Waals surface area contributed by atoms with E-state index < -0.39 is 6.03 Å². The molecule has 158 valence electrons. The van der Waals surface area contributed by atoms with Gasteiger partial charge in [-0.1, -0.05) is 0 Å². The van der Waals surface area contributed by atoms with Crippen molar-refractivity contribution in [2.75, 3.05) is 37.9 Å². The maximum absolute atomic E-state index is 13.0. The summed E-state index contributed by atoms with van der Waals surface area (Å²) in [6.45, 7) is 1.52. The molecule has 0 unspecified atom stereocenters. The fourth-order valence-electron chi connectivity index (χ4n) is 2.96. The zero-order chi connectivity index (χ0) is 21.5. The van der Waals surface area contributed by atoms with Crippen LogP contribution in [0.1, 0.15) is 6.42 Å². The number of aromatic nitrogens is 2. The number of rotatable bonds is 8. The van der Waals surface area contributed by atoms with E-state index in [9.17, 15) is 9.18 Å². The van der Waals surface area contributed by atoms with E-state index in [1.165, 1.54) is 24.3 Å². The molecule has 0 aliphatic rings. The lowest BCUT2D eigenvalue weighted by atomic mass is 10.1. The third-order valence-corrected chi connectivity index (χ3v) is 4.44. The molecule has 0 spiro atoms. The molecule has 0 fully saturated rings. The number of amides is 2. The second-order valence-electron chi connectivity index (χ2n) is 7.14. The average Bonchev–Trinajstić information content (AvgIpc) is 3.13. The molecule has 0 saturated heterocycles. The van der Waals surface area contributed by atoms with Crippen molar-refractivity contribution in [3.63, 3.8) is 0 Å². The number of carbonyl (C=O) groups excluding carboxylic acids is 1. The molecule has 0 atom stereocenters. The Morgan fingerprint density at radius 2 is 1.80 bits per heavy atom. The number of hydrogen-bond donors (Lipinski definition) is 2. The quantitative estimate of drug-likeness (QED) is 0.545. The number of anilines is 2. The predicted molar refractivity (Wildman–Crippen MR) is 116 cm³/mol. The lowest BCUT2D eigenvalue weighted by Gasteiger charge is -2.15. The van der Waals surface area contributed by atoms with Crippen molar-refractivity contribution in [3.8, 4) is 17.0 Å². The number of hydrogen-bond acceptors (Lipinski definition) is 4. The van der Waals surface area contributed by atoms with E-state index in [-0.39, 0.29) is 5.82 Å². The third kappa shape index (κ3) is 5.81. The molecule has 1 heterocycles. The van der Waals surface area contributed by atoms with Gasteiger partial charge in [0.25, 0.3) is 0 Å². The molecule has 2 amide bonds. The van der Waals surface area contributed by atoms with Crippen molar-refractivity contribution in [1.29, 1.82) is 0 Å². The number of nitrogens with one attached hydrogen (secondary N) is 2. The van der Waals surface area contributed by atoms with Crippen molar-refractivity contribution in [2.24, 2.45) is 7.05 Å². The smallest absolute Gasteiger partial charge is 0.323 e. The first-order chi connectivity index (χ1) is 14.4. The van der Waals surface area contributed by atoms with E-state index in [0.717, 1.165) is 30.0 Å². The van der Waals surface area contributed by atoms with Crippen LogP contribution in [0, 0.1) is 5.82 Å². The monoisotopic (exact) mass is 411 g/mol. The molecule has 8 heteroatoms. The number of urea groups is 1. The Hall–Kier alpha value is -3.39. The fraction of sp³-hybridized carbons (Fsp3) is 0.273. The van der Waals surface area contributed by atoms with Crippen LogP contribution in [-0.4, -0.2) is 48.0 Å². The highest BCUT2D eigenvalue weighted by Crippen LogP contribution is 2.32. The molecule has 0 radical (unpaired) electrons. The van der Waals surface area contributed by atoms with Crippen LogP contribution < -0.4 is 15.4 Å². The molecule has 2 aromatic carbocycles. The topological polar surface area (TPSA) is 71.4 Å².